The molecule has 0 saturated heterocycles. The Morgan fingerprint density at radius 1 is 0.923 bits per heavy atom. The molecule has 0 amide bonds. The van der Waals surface area contributed by atoms with Crippen molar-refractivity contribution in [2.24, 2.45) is 0 Å². The molecule has 0 unspecified atom stereocenters. The van der Waals surface area contributed by atoms with Gasteiger partial charge in [-0.2, -0.15) is 17.6 Å². The van der Waals surface area contributed by atoms with Gasteiger partial charge in [0.15, 0.2) is 6.67 Å². The zero-order valence-electron chi connectivity index (χ0n) is 6.26. The molecular weight excluding hydrogens is 220 g/mol. The summed E-state index contributed by atoms with van der Waals surface area (Å²) in [5.74, 6) is -11.9. The normalized spacial score (nSPS) is 13.8. The van der Waals surface area contributed by atoms with E-state index in [0.29, 0.717) is 0 Å². The van der Waals surface area contributed by atoms with Gasteiger partial charge in [-0.15, -0.1) is 0 Å². The van der Waals surface area contributed by atoms with Crippen LogP contribution in [0.15, 0.2) is 0 Å². The second kappa shape index (κ2) is 4.33. The van der Waals surface area contributed by atoms with Crippen LogP contribution in [0.3, 0.4) is 0 Å². The van der Waals surface area contributed by atoms with E-state index in [1.165, 1.54) is 0 Å². The number of hydrogen-bond donors (Lipinski definition) is 0. The molecule has 0 N–H and O–H groups in total. The minimum absolute atomic E-state index is 0. The third-order valence-electron chi connectivity index (χ3n) is 0.993. The molecule has 0 fully saturated rings. The van der Waals surface area contributed by atoms with Gasteiger partial charge in [0.25, 0.3) is 6.11 Å². The molecular formula is C4H2F7NaO. The monoisotopic (exact) mass is 222 g/mol. The van der Waals surface area contributed by atoms with Gasteiger partial charge in [0, 0.05) is 0 Å². The van der Waals surface area contributed by atoms with Gasteiger partial charge < -0.3 is 5.11 Å². The quantitative estimate of drug-likeness (QED) is 0.407. The summed E-state index contributed by atoms with van der Waals surface area (Å²) in [5, 5.41) is 9.20. The predicted octanol–water partition coefficient (Wildman–Crippen LogP) is -1.82. The maximum Gasteiger partial charge on any atom is 1.00 e. The van der Waals surface area contributed by atoms with Crippen molar-refractivity contribution in [3.05, 3.63) is 0 Å². The summed E-state index contributed by atoms with van der Waals surface area (Å²) in [5.41, 5.74) is 0. The van der Waals surface area contributed by atoms with Crippen molar-refractivity contribution in [1.82, 2.24) is 0 Å². The maximum absolute atomic E-state index is 11.7. The number of hydrogen-bond acceptors (Lipinski definition) is 1. The first-order chi connectivity index (χ1) is 5.06. The zero-order valence-corrected chi connectivity index (χ0v) is 8.26. The minimum atomic E-state index is -6.21. The van der Waals surface area contributed by atoms with E-state index < -0.39 is 24.6 Å². The van der Waals surface area contributed by atoms with Crippen LogP contribution in [-0.4, -0.2) is 24.6 Å². The fraction of sp³-hybridized carbons (Fsp3) is 1.00. The number of rotatable bonds is 3. The Kier molecular flexibility index (Phi) is 5.30. The zero-order chi connectivity index (χ0) is 10.2. The van der Waals surface area contributed by atoms with Crippen LogP contribution >= 0.6 is 0 Å². The first-order valence-electron chi connectivity index (χ1n) is 2.46. The van der Waals surface area contributed by atoms with Crippen LogP contribution in [0.5, 0.6) is 0 Å². The molecule has 9 heteroatoms. The SMILES string of the molecule is [Na+].[O-]C(F)(F)C(F)(F)C(F)(F)CF. The summed E-state index contributed by atoms with van der Waals surface area (Å²) in [4.78, 5) is 0. The third-order valence-corrected chi connectivity index (χ3v) is 0.993. The molecule has 0 aliphatic heterocycles. The van der Waals surface area contributed by atoms with Crippen LogP contribution in [-0.2, 0) is 0 Å². The molecule has 74 valence electrons. The second-order valence-corrected chi connectivity index (χ2v) is 1.93. The van der Waals surface area contributed by atoms with Gasteiger partial charge in [0.1, 0.15) is 0 Å². The van der Waals surface area contributed by atoms with Gasteiger partial charge in [-0.3, -0.25) is 0 Å². The van der Waals surface area contributed by atoms with Crippen molar-refractivity contribution >= 4 is 0 Å². The molecule has 0 bridgehead atoms. The van der Waals surface area contributed by atoms with Crippen molar-refractivity contribution in [1.29, 1.82) is 0 Å². The van der Waals surface area contributed by atoms with Crippen molar-refractivity contribution in [3.63, 3.8) is 0 Å². The summed E-state index contributed by atoms with van der Waals surface area (Å²) in [7, 11) is 0. The van der Waals surface area contributed by atoms with E-state index in [2.05, 4.69) is 0 Å². The largest absolute Gasteiger partial charge is 1.00 e. The number of alkyl halides is 7. The van der Waals surface area contributed by atoms with Gasteiger partial charge in [-0.25, -0.2) is 13.2 Å². The van der Waals surface area contributed by atoms with E-state index in [4.69, 9.17) is 0 Å². The molecule has 0 aromatic carbocycles. The van der Waals surface area contributed by atoms with Gasteiger partial charge in [0.2, 0.25) is 0 Å². The topological polar surface area (TPSA) is 23.1 Å². The molecule has 0 aliphatic rings. The third kappa shape index (κ3) is 2.97. The average molecular weight is 222 g/mol. The van der Waals surface area contributed by atoms with E-state index in [1.807, 2.05) is 0 Å². The maximum atomic E-state index is 11.7. The van der Waals surface area contributed by atoms with E-state index in [-0.39, 0.29) is 29.6 Å². The van der Waals surface area contributed by atoms with E-state index in [1.54, 1.807) is 0 Å². The summed E-state index contributed by atoms with van der Waals surface area (Å²) >= 11 is 0. The van der Waals surface area contributed by atoms with Crippen LogP contribution in [0.1, 0.15) is 0 Å². The molecule has 0 aliphatic carbocycles. The van der Waals surface area contributed by atoms with E-state index in [9.17, 15) is 35.8 Å². The Morgan fingerprint density at radius 2 is 1.23 bits per heavy atom. The fourth-order valence-corrected chi connectivity index (χ4v) is 0.297. The Labute approximate surface area is 90.2 Å². The van der Waals surface area contributed by atoms with Gasteiger partial charge in [-0.1, -0.05) is 0 Å². The Hall–Kier alpha value is 0.470. The van der Waals surface area contributed by atoms with Crippen LogP contribution in [0.25, 0.3) is 0 Å². The van der Waals surface area contributed by atoms with Crippen molar-refractivity contribution in [2.75, 3.05) is 6.67 Å². The molecule has 0 rings (SSSR count). The second-order valence-electron chi connectivity index (χ2n) is 1.93. The van der Waals surface area contributed by atoms with Gasteiger partial charge in [0.05, 0.1) is 0 Å². The molecule has 0 spiro atoms. The fourth-order valence-electron chi connectivity index (χ4n) is 0.297. The molecule has 0 aromatic rings. The molecule has 0 radical (unpaired) electrons. The molecule has 0 saturated carbocycles. The van der Waals surface area contributed by atoms with Crippen LogP contribution in [0.2, 0.25) is 0 Å². The molecule has 13 heavy (non-hydrogen) atoms. The van der Waals surface area contributed by atoms with Crippen molar-refractivity contribution < 1.29 is 65.4 Å². The molecule has 0 aromatic heterocycles. The molecule has 0 heterocycles. The Bertz CT molecular complexity index is 164. The Morgan fingerprint density at radius 3 is 1.31 bits per heavy atom. The van der Waals surface area contributed by atoms with E-state index >= 15 is 0 Å². The number of halogens is 7. The first kappa shape index (κ1) is 15.9. The van der Waals surface area contributed by atoms with Crippen LogP contribution in [0.4, 0.5) is 30.7 Å². The smallest absolute Gasteiger partial charge is 0.793 e. The predicted molar refractivity (Wildman–Crippen MR) is 20.8 cm³/mol. The van der Waals surface area contributed by atoms with E-state index in [0.717, 1.165) is 0 Å². The Balaban J connectivity index is 0. The summed E-state index contributed by atoms with van der Waals surface area (Å²) in [6.07, 6.45) is -6.19. The summed E-state index contributed by atoms with van der Waals surface area (Å²) in [6.45, 7) is -3.02. The van der Waals surface area contributed by atoms with Crippen LogP contribution < -0.4 is 34.7 Å². The summed E-state index contributed by atoms with van der Waals surface area (Å²) in [6, 6.07) is 0. The van der Waals surface area contributed by atoms with Gasteiger partial charge in [-0.05, 0) is 0 Å². The molecule has 0 atom stereocenters. The first-order valence-corrected chi connectivity index (χ1v) is 2.46. The summed E-state index contributed by atoms with van der Waals surface area (Å²) < 4.78 is 80.1. The van der Waals surface area contributed by atoms with Crippen LogP contribution in [0, 0.1) is 0 Å². The van der Waals surface area contributed by atoms with Crippen molar-refractivity contribution in [2.45, 2.75) is 18.0 Å². The van der Waals surface area contributed by atoms with Gasteiger partial charge >= 0.3 is 41.4 Å². The van der Waals surface area contributed by atoms with Crippen molar-refractivity contribution in [3.8, 4) is 0 Å². The average Bonchev–Trinajstić information content (AvgIpc) is 1.85. The minimum Gasteiger partial charge on any atom is -0.793 e. The standard InChI is InChI=1S/C4H2F7O.Na/c5-1-2(6,7)3(8,9)4(10,11)12;/h1H2;/q-1;+1. The molecule has 1 nitrogen and oxygen atoms in total.